The van der Waals surface area contributed by atoms with Gasteiger partial charge in [-0.15, -0.1) is 0 Å². The number of carboxylic acid groups (broad SMARTS) is 1. The smallest absolute Gasteiger partial charge is 0.290 e. The van der Waals surface area contributed by atoms with E-state index in [9.17, 15) is 10.1 Å². The molecule has 3 N–H and O–H groups in total. The van der Waals surface area contributed by atoms with Crippen LogP contribution in [0.15, 0.2) is 24.3 Å². The SMILES string of the molecule is CC(=O)N1CCc2nc(N)c(C#N)c(-c3cccc(OCC(C)C)c3)c2C1.O=CO. The highest BCUT2D eigenvalue weighted by molar-refractivity contribution is 5.81. The number of carbonyl (C=O) groups excluding carboxylic acids is 1. The number of nitriles is 1. The third-order valence-corrected chi connectivity index (χ3v) is 4.64. The van der Waals surface area contributed by atoms with Gasteiger partial charge in [0.2, 0.25) is 5.91 Å². The predicted octanol–water partition coefficient (Wildman–Crippen LogP) is 2.84. The number of carbonyl (C=O) groups is 2. The van der Waals surface area contributed by atoms with Gasteiger partial charge in [0.25, 0.3) is 6.47 Å². The lowest BCUT2D eigenvalue weighted by Gasteiger charge is -2.30. The van der Waals surface area contributed by atoms with Crippen LogP contribution >= 0.6 is 0 Å². The standard InChI is InChI=1S/C21H24N4O2.CH2O2/c1-13(2)12-27-16-6-4-5-15(9-16)20-17(10-22)21(23)24-19-7-8-25(14(3)26)11-18(19)20;2-1-3/h4-6,9,13H,7-8,11-12H2,1-3H3,(H2,23,24);1H,(H,2,3). The van der Waals surface area contributed by atoms with E-state index < -0.39 is 0 Å². The Kier molecular flexibility index (Phi) is 7.76. The highest BCUT2D eigenvalue weighted by atomic mass is 16.5. The van der Waals surface area contributed by atoms with Crippen molar-refractivity contribution < 1.29 is 19.4 Å². The molecule has 0 bridgehead atoms. The van der Waals surface area contributed by atoms with E-state index in [1.54, 1.807) is 11.8 Å². The molecule has 0 aliphatic carbocycles. The number of nitrogens with zero attached hydrogens (tertiary/aromatic N) is 3. The zero-order chi connectivity index (χ0) is 22.3. The number of benzene rings is 1. The molecule has 1 aliphatic heterocycles. The van der Waals surface area contributed by atoms with E-state index in [1.807, 2.05) is 24.3 Å². The summed E-state index contributed by atoms with van der Waals surface area (Å²) in [6, 6.07) is 9.85. The van der Waals surface area contributed by atoms with Crippen LogP contribution in [-0.2, 0) is 22.6 Å². The van der Waals surface area contributed by atoms with Gasteiger partial charge in [-0.25, -0.2) is 4.98 Å². The van der Waals surface area contributed by atoms with Crippen LogP contribution in [0, 0.1) is 17.2 Å². The van der Waals surface area contributed by atoms with Crippen molar-refractivity contribution in [2.75, 3.05) is 18.9 Å². The fourth-order valence-electron chi connectivity index (χ4n) is 3.28. The van der Waals surface area contributed by atoms with Gasteiger partial charge in [-0.2, -0.15) is 5.26 Å². The molecule has 0 saturated carbocycles. The Morgan fingerprint density at radius 3 is 2.77 bits per heavy atom. The minimum atomic E-state index is -0.250. The van der Waals surface area contributed by atoms with Gasteiger partial charge in [0, 0.05) is 37.6 Å². The van der Waals surface area contributed by atoms with Crippen molar-refractivity contribution in [1.82, 2.24) is 9.88 Å². The zero-order valence-corrected chi connectivity index (χ0v) is 17.4. The van der Waals surface area contributed by atoms with Crippen LogP contribution in [0.5, 0.6) is 5.75 Å². The van der Waals surface area contributed by atoms with Gasteiger partial charge in [0.05, 0.1) is 12.3 Å². The molecule has 0 fully saturated rings. The van der Waals surface area contributed by atoms with Crippen molar-refractivity contribution in [3.8, 4) is 22.9 Å². The van der Waals surface area contributed by atoms with E-state index in [2.05, 4.69) is 24.9 Å². The second kappa shape index (κ2) is 10.3. The molecule has 8 nitrogen and oxygen atoms in total. The molecular formula is C22H26N4O4. The third kappa shape index (κ3) is 5.26. The molecule has 8 heteroatoms. The minimum Gasteiger partial charge on any atom is -0.493 e. The number of hydrogen-bond acceptors (Lipinski definition) is 6. The Bertz CT molecular complexity index is 966. The molecule has 0 radical (unpaired) electrons. The van der Waals surface area contributed by atoms with Gasteiger partial charge < -0.3 is 20.5 Å². The van der Waals surface area contributed by atoms with E-state index in [1.165, 1.54) is 0 Å². The first-order valence-electron chi connectivity index (χ1n) is 9.60. The summed E-state index contributed by atoms with van der Waals surface area (Å²) in [5.41, 5.74) is 9.77. The van der Waals surface area contributed by atoms with Crippen molar-refractivity contribution in [3.05, 3.63) is 41.1 Å². The van der Waals surface area contributed by atoms with Crippen molar-refractivity contribution in [2.24, 2.45) is 5.92 Å². The zero-order valence-electron chi connectivity index (χ0n) is 17.4. The van der Waals surface area contributed by atoms with Crippen molar-refractivity contribution in [3.63, 3.8) is 0 Å². The van der Waals surface area contributed by atoms with E-state index in [0.717, 1.165) is 28.1 Å². The Balaban J connectivity index is 0.00000101. The summed E-state index contributed by atoms with van der Waals surface area (Å²) in [7, 11) is 0. The van der Waals surface area contributed by atoms with Gasteiger partial charge in [0.1, 0.15) is 23.2 Å². The van der Waals surface area contributed by atoms with E-state index in [0.29, 0.717) is 37.6 Å². The molecule has 0 saturated heterocycles. The molecule has 158 valence electrons. The van der Waals surface area contributed by atoms with Crippen LogP contribution in [-0.4, -0.2) is 40.5 Å². The molecule has 1 aromatic carbocycles. The number of fused-ring (bicyclic) bond motifs is 1. The average molecular weight is 410 g/mol. The maximum absolute atomic E-state index is 11.9. The number of nitrogens with two attached hydrogens (primary N) is 1. The van der Waals surface area contributed by atoms with Gasteiger partial charge >= 0.3 is 0 Å². The summed E-state index contributed by atoms with van der Waals surface area (Å²) in [5, 5.41) is 16.6. The van der Waals surface area contributed by atoms with E-state index >= 15 is 0 Å². The number of ether oxygens (including phenoxy) is 1. The summed E-state index contributed by atoms with van der Waals surface area (Å²) >= 11 is 0. The number of aromatic nitrogens is 1. The molecule has 0 spiro atoms. The fourth-order valence-corrected chi connectivity index (χ4v) is 3.28. The number of amides is 1. The first kappa shape index (κ1) is 22.7. The molecular weight excluding hydrogens is 384 g/mol. The molecule has 0 unspecified atom stereocenters. The Morgan fingerprint density at radius 1 is 1.47 bits per heavy atom. The topological polar surface area (TPSA) is 130 Å². The van der Waals surface area contributed by atoms with Crippen LogP contribution in [0.25, 0.3) is 11.1 Å². The lowest BCUT2D eigenvalue weighted by atomic mass is 9.91. The molecule has 1 aliphatic rings. The largest absolute Gasteiger partial charge is 0.493 e. The highest BCUT2D eigenvalue weighted by Gasteiger charge is 2.26. The monoisotopic (exact) mass is 410 g/mol. The van der Waals surface area contributed by atoms with Gasteiger partial charge in [-0.3, -0.25) is 9.59 Å². The summed E-state index contributed by atoms with van der Waals surface area (Å²) in [4.78, 5) is 26.4. The average Bonchev–Trinajstić information content (AvgIpc) is 2.71. The molecule has 1 aromatic heterocycles. The lowest BCUT2D eigenvalue weighted by Crippen LogP contribution is -2.35. The summed E-state index contributed by atoms with van der Waals surface area (Å²) < 4.78 is 5.84. The van der Waals surface area contributed by atoms with Gasteiger partial charge in [0.15, 0.2) is 0 Å². The summed E-state index contributed by atoms with van der Waals surface area (Å²) in [5.74, 6) is 1.40. The molecule has 1 amide bonds. The third-order valence-electron chi connectivity index (χ3n) is 4.64. The van der Waals surface area contributed by atoms with Crippen molar-refractivity contribution >= 4 is 18.2 Å². The molecule has 0 atom stereocenters. The normalized spacial score (nSPS) is 12.3. The van der Waals surface area contributed by atoms with E-state index in [4.69, 9.17) is 20.4 Å². The number of nitrogen functional groups attached to an aromatic ring is 1. The number of hydrogen-bond donors (Lipinski definition) is 2. The second-order valence-corrected chi connectivity index (χ2v) is 7.31. The van der Waals surface area contributed by atoms with Crippen molar-refractivity contribution in [1.29, 1.82) is 5.26 Å². The maximum Gasteiger partial charge on any atom is 0.290 e. The minimum absolute atomic E-state index is 0.0101. The first-order chi connectivity index (χ1) is 14.3. The van der Waals surface area contributed by atoms with Gasteiger partial charge in [-0.1, -0.05) is 26.0 Å². The predicted molar refractivity (Wildman–Crippen MR) is 113 cm³/mol. The maximum atomic E-state index is 11.9. The fraction of sp³-hybridized carbons (Fsp3) is 0.364. The Hall–Kier alpha value is -3.60. The van der Waals surface area contributed by atoms with Gasteiger partial charge in [-0.05, 0) is 23.6 Å². The number of anilines is 1. The highest BCUT2D eigenvalue weighted by Crippen LogP contribution is 2.36. The summed E-state index contributed by atoms with van der Waals surface area (Å²) in [6.07, 6.45) is 0.626. The van der Waals surface area contributed by atoms with Crippen LogP contribution in [0.2, 0.25) is 0 Å². The lowest BCUT2D eigenvalue weighted by molar-refractivity contribution is -0.129. The van der Waals surface area contributed by atoms with Crippen LogP contribution in [0.3, 0.4) is 0 Å². The Labute approximate surface area is 175 Å². The molecule has 3 rings (SSSR count). The quantitative estimate of drug-likeness (QED) is 0.741. The second-order valence-electron chi connectivity index (χ2n) is 7.31. The van der Waals surface area contributed by atoms with Crippen LogP contribution in [0.1, 0.15) is 37.6 Å². The summed E-state index contributed by atoms with van der Waals surface area (Å²) in [6.45, 7) is 7.14. The number of rotatable bonds is 4. The van der Waals surface area contributed by atoms with Crippen LogP contribution < -0.4 is 10.5 Å². The number of pyridine rings is 1. The Morgan fingerprint density at radius 2 is 2.17 bits per heavy atom. The van der Waals surface area contributed by atoms with Crippen molar-refractivity contribution in [2.45, 2.75) is 33.7 Å². The molecule has 2 aromatic rings. The first-order valence-corrected chi connectivity index (χ1v) is 9.60. The van der Waals surface area contributed by atoms with Crippen LogP contribution in [0.4, 0.5) is 5.82 Å². The van der Waals surface area contributed by atoms with E-state index in [-0.39, 0.29) is 18.2 Å². The molecule has 30 heavy (non-hydrogen) atoms. The molecule has 2 heterocycles.